The number of hydrogen-bond acceptors (Lipinski definition) is 5. The molecule has 0 spiro atoms. The van der Waals surface area contributed by atoms with Gasteiger partial charge in [0, 0.05) is 5.56 Å². The smallest absolute Gasteiger partial charge is 0.252 e. The highest BCUT2D eigenvalue weighted by molar-refractivity contribution is 5.81. The Kier molecular flexibility index (Phi) is 1.83. The molecule has 0 atom stereocenters. The molecule has 2 N–H and O–H groups in total. The Morgan fingerprint density at radius 2 is 1.88 bits per heavy atom. The van der Waals surface area contributed by atoms with Gasteiger partial charge in [-0.1, -0.05) is 30.3 Å². The van der Waals surface area contributed by atoms with Crippen molar-refractivity contribution >= 4 is 17.0 Å². The van der Waals surface area contributed by atoms with Crippen molar-refractivity contribution in [3.8, 4) is 11.4 Å². The van der Waals surface area contributed by atoms with E-state index in [1.165, 1.54) is 6.39 Å². The van der Waals surface area contributed by atoms with E-state index >= 15 is 0 Å². The second kappa shape index (κ2) is 3.30. The molecule has 0 aliphatic rings. The fourth-order valence-corrected chi connectivity index (χ4v) is 1.50. The van der Waals surface area contributed by atoms with E-state index in [4.69, 9.17) is 10.2 Å². The van der Waals surface area contributed by atoms with Gasteiger partial charge < -0.3 is 10.2 Å². The van der Waals surface area contributed by atoms with E-state index in [1.807, 2.05) is 30.3 Å². The van der Waals surface area contributed by atoms with E-state index in [1.54, 1.807) is 0 Å². The van der Waals surface area contributed by atoms with E-state index in [2.05, 4.69) is 15.0 Å². The first-order valence-corrected chi connectivity index (χ1v) is 4.77. The number of aromatic nitrogens is 3. The predicted molar refractivity (Wildman–Crippen MR) is 59.4 cm³/mol. The van der Waals surface area contributed by atoms with Crippen LogP contribution < -0.4 is 5.73 Å². The fourth-order valence-electron chi connectivity index (χ4n) is 1.50. The standard InChI is InChI=1S/C11H8N4O/c12-9-8-11(16-6-13-8)15-10(14-9)7-4-2-1-3-5-7/h1-6H,(H2,12,14,15). The topological polar surface area (TPSA) is 77.8 Å². The third kappa shape index (κ3) is 1.30. The van der Waals surface area contributed by atoms with Gasteiger partial charge in [0.05, 0.1) is 0 Å². The number of nitrogen functional groups attached to an aromatic ring is 1. The van der Waals surface area contributed by atoms with Crippen molar-refractivity contribution in [2.75, 3.05) is 5.73 Å². The molecule has 2 heterocycles. The maximum absolute atomic E-state index is 5.77. The molecule has 0 amide bonds. The third-order valence-corrected chi connectivity index (χ3v) is 2.26. The Labute approximate surface area is 91.0 Å². The Morgan fingerprint density at radius 1 is 1.06 bits per heavy atom. The summed E-state index contributed by atoms with van der Waals surface area (Å²) < 4.78 is 5.12. The number of oxazole rings is 1. The molecule has 5 nitrogen and oxygen atoms in total. The van der Waals surface area contributed by atoms with E-state index in [9.17, 15) is 0 Å². The minimum atomic E-state index is 0.331. The maximum atomic E-state index is 5.77. The highest BCUT2D eigenvalue weighted by Gasteiger charge is 2.09. The largest absolute Gasteiger partial charge is 0.425 e. The molecule has 5 heteroatoms. The van der Waals surface area contributed by atoms with Crippen molar-refractivity contribution in [2.45, 2.75) is 0 Å². The molecule has 2 aromatic heterocycles. The summed E-state index contributed by atoms with van der Waals surface area (Å²) in [5.74, 6) is 0.875. The molecule has 78 valence electrons. The first kappa shape index (κ1) is 8.84. The monoisotopic (exact) mass is 212 g/mol. The van der Waals surface area contributed by atoms with Gasteiger partial charge in [-0.25, -0.2) is 9.97 Å². The molecule has 0 radical (unpaired) electrons. The van der Waals surface area contributed by atoms with Crippen LogP contribution in [-0.2, 0) is 0 Å². The lowest BCUT2D eigenvalue weighted by atomic mass is 10.2. The lowest BCUT2D eigenvalue weighted by Gasteiger charge is -2.00. The number of benzene rings is 1. The van der Waals surface area contributed by atoms with Crippen molar-refractivity contribution in [2.24, 2.45) is 0 Å². The van der Waals surface area contributed by atoms with Crippen LogP contribution in [0.1, 0.15) is 0 Å². The van der Waals surface area contributed by atoms with Gasteiger partial charge in [-0.3, -0.25) is 0 Å². The molecular weight excluding hydrogens is 204 g/mol. The molecule has 0 saturated carbocycles. The molecule has 3 aromatic rings. The minimum absolute atomic E-state index is 0.331. The summed E-state index contributed by atoms with van der Waals surface area (Å²) in [4.78, 5) is 12.4. The van der Waals surface area contributed by atoms with Crippen LogP contribution >= 0.6 is 0 Å². The van der Waals surface area contributed by atoms with Crippen LogP contribution in [-0.4, -0.2) is 15.0 Å². The molecule has 0 unspecified atom stereocenters. The average Bonchev–Trinajstić information content (AvgIpc) is 2.79. The van der Waals surface area contributed by atoms with Gasteiger partial charge in [-0.15, -0.1) is 0 Å². The summed E-state index contributed by atoms with van der Waals surface area (Å²) in [5, 5.41) is 0. The van der Waals surface area contributed by atoms with Crippen LogP contribution in [0.15, 0.2) is 41.1 Å². The van der Waals surface area contributed by atoms with Gasteiger partial charge in [-0.2, -0.15) is 4.98 Å². The summed E-state index contributed by atoms with van der Waals surface area (Å²) in [6, 6.07) is 9.59. The Hall–Kier alpha value is -2.43. The summed E-state index contributed by atoms with van der Waals surface area (Å²) in [6.45, 7) is 0. The van der Waals surface area contributed by atoms with Gasteiger partial charge in [0.2, 0.25) is 0 Å². The van der Waals surface area contributed by atoms with Crippen LogP contribution in [0.4, 0.5) is 5.82 Å². The zero-order valence-electron chi connectivity index (χ0n) is 8.29. The second-order valence-electron chi connectivity index (χ2n) is 3.30. The quantitative estimate of drug-likeness (QED) is 0.666. The van der Waals surface area contributed by atoms with Crippen LogP contribution in [0.25, 0.3) is 22.6 Å². The second-order valence-corrected chi connectivity index (χ2v) is 3.30. The van der Waals surface area contributed by atoms with Gasteiger partial charge in [0.25, 0.3) is 5.71 Å². The molecule has 0 fully saturated rings. The normalized spacial score (nSPS) is 10.8. The van der Waals surface area contributed by atoms with Crippen LogP contribution in [0.3, 0.4) is 0 Å². The number of nitrogens with zero attached hydrogens (tertiary/aromatic N) is 3. The molecule has 3 rings (SSSR count). The van der Waals surface area contributed by atoms with E-state index in [0.29, 0.717) is 22.9 Å². The van der Waals surface area contributed by atoms with Crippen LogP contribution in [0, 0.1) is 0 Å². The molecule has 0 saturated heterocycles. The van der Waals surface area contributed by atoms with Gasteiger partial charge >= 0.3 is 0 Å². The van der Waals surface area contributed by atoms with Gasteiger partial charge in [-0.05, 0) is 0 Å². The predicted octanol–water partition coefficient (Wildman–Crippen LogP) is 1.87. The maximum Gasteiger partial charge on any atom is 0.252 e. The summed E-state index contributed by atoms with van der Waals surface area (Å²) in [6.07, 6.45) is 1.31. The summed E-state index contributed by atoms with van der Waals surface area (Å²) >= 11 is 0. The highest BCUT2D eigenvalue weighted by atomic mass is 16.3. The van der Waals surface area contributed by atoms with E-state index in [-0.39, 0.29) is 0 Å². The third-order valence-electron chi connectivity index (χ3n) is 2.26. The Morgan fingerprint density at radius 3 is 2.69 bits per heavy atom. The highest BCUT2D eigenvalue weighted by Crippen LogP contribution is 2.21. The van der Waals surface area contributed by atoms with E-state index < -0.39 is 0 Å². The lowest BCUT2D eigenvalue weighted by molar-refractivity contribution is 0.590. The molecular formula is C11H8N4O. The number of anilines is 1. The van der Waals surface area contributed by atoms with Crippen molar-refractivity contribution in [1.82, 2.24) is 15.0 Å². The molecule has 0 aliphatic carbocycles. The first-order valence-electron chi connectivity index (χ1n) is 4.77. The van der Waals surface area contributed by atoms with Crippen molar-refractivity contribution < 1.29 is 4.42 Å². The number of rotatable bonds is 1. The van der Waals surface area contributed by atoms with Crippen LogP contribution in [0.5, 0.6) is 0 Å². The van der Waals surface area contributed by atoms with E-state index in [0.717, 1.165) is 5.56 Å². The minimum Gasteiger partial charge on any atom is -0.425 e. The zero-order chi connectivity index (χ0) is 11.0. The van der Waals surface area contributed by atoms with Crippen molar-refractivity contribution in [3.05, 3.63) is 36.7 Å². The Bertz CT molecular complexity index is 633. The number of hydrogen-bond donors (Lipinski definition) is 1. The van der Waals surface area contributed by atoms with Crippen molar-refractivity contribution in [1.29, 1.82) is 0 Å². The Balaban J connectivity index is 2.25. The van der Waals surface area contributed by atoms with Crippen molar-refractivity contribution in [3.63, 3.8) is 0 Å². The molecule has 0 aliphatic heterocycles. The molecule has 16 heavy (non-hydrogen) atoms. The average molecular weight is 212 g/mol. The molecule has 1 aromatic carbocycles. The van der Waals surface area contributed by atoms with Gasteiger partial charge in [0.1, 0.15) is 0 Å². The lowest BCUT2D eigenvalue weighted by Crippen LogP contribution is -1.96. The number of fused-ring (bicyclic) bond motifs is 1. The zero-order valence-corrected chi connectivity index (χ0v) is 8.29. The number of nitrogens with two attached hydrogens (primary N) is 1. The SMILES string of the molecule is Nc1nc(-c2ccccc2)nc2ocnc12. The summed E-state index contributed by atoms with van der Waals surface area (Å²) in [7, 11) is 0. The first-order chi connectivity index (χ1) is 7.84. The van der Waals surface area contributed by atoms with Gasteiger partial charge in [0.15, 0.2) is 23.6 Å². The summed E-state index contributed by atoms with van der Waals surface area (Å²) in [5.41, 5.74) is 7.57. The molecule has 0 bridgehead atoms. The van der Waals surface area contributed by atoms with Crippen LogP contribution in [0.2, 0.25) is 0 Å². The fraction of sp³-hybridized carbons (Fsp3) is 0.